The highest BCUT2D eigenvalue weighted by atomic mass is 16.5. The highest BCUT2D eigenvalue weighted by molar-refractivity contribution is 5.91. The van der Waals surface area contributed by atoms with Crippen LogP contribution in [0.1, 0.15) is 29.9 Å². The summed E-state index contributed by atoms with van der Waals surface area (Å²) in [6.45, 7) is 1.37. The van der Waals surface area contributed by atoms with Crippen LogP contribution in [-0.4, -0.2) is 44.6 Å². The fourth-order valence-electron chi connectivity index (χ4n) is 2.56. The minimum atomic E-state index is -0.428. The standard InChI is InChI=1S/C18H24N4O4/c1-25-17(24)14-11-26-15-6-4-12(10-13(14)15)5-7-16(23)21-8-2-3-9-22-18(19)20/h4-7,10,14H,2-3,8-9,11H2,1H3,(H,21,23)(H4,19,20,22)/b7-5+. The van der Waals surface area contributed by atoms with Crippen LogP contribution < -0.4 is 21.5 Å². The molecule has 1 aliphatic rings. The van der Waals surface area contributed by atoms with E-state index >= 15 is 0 Å². The van der Waals surface area contributed by atoms with E-state index in [-0.39, 0.29) is 24.4 Å². The van der Waals surface area contributed by atoms with Gasteiger partial charge in [0.05, 0.1) is 7.11 Å². The average Bonchev–Trinajstić information content (AvgIpc) is 3.05. The number of benzene rings is 1. The van der Waals surface area contributed by atoms with Crippen LogP contribution >= 0.6 is 0 Å². The lowest BCUT2D eigenvalue weighted by molar-refractivity contribution is -0.142. The van der Waals surface area contributed by atoms with Crippen molar-refractivity contribution in [1.82, 2.24) is 5.32 Å². The van der Waals surface area contributed by atoms with Crippen molar-refractivity contribution < 1.29 is 19.1 Å². The molecule has 0 spiro atoms. The third-order valence-electron chi connectivity index (χ3n) is 3.91. The third kappa shape index (κ3) is 5.51. The summed E-state index contributed by atoms with van der Waals surface area (Å²) < 4.78 is 10.3. The van der Waals surface area contributed by atoms with E-state index < -0.39 is 5.92 Å². The summed E-state index contributed by atoms with van der Waals surface area (Å²) in [6.07, 6.45) is 4.73. The maximum atomic E-state index is 11.8. The molecule has 0 saturated heterocycles. The van der Waals surface area contributed by atoms with Crippen molar-refractivity contribution in [3.8, 4) is 5.75 Å². The number of esters is 1. The Hall–Kier alpha value is -3.03. The van der Waals surface area contributed by atoms with Gasteiger partial charge in [-0.2, -0.15) is 0 Å². The van der Waals surface area contributed by atoms with E-state index in [1.807, 2.05) is 12.1 Å². The van der Waals surface area contributed by atoms with Crippen molar-refractivity contribution >= 4 is 23.9 Å². The van der Waals surface area contributed by atoms with Gasteiger partial charge in [0.25, 0.3) is 0 Å². The number of carbonyl (C=O) groups excluding carboxylic acids is 2. The Morgan fingerprint density at radius 3 is 2.92 bits per heavy atom. The number of amides is 1. The Balaban J connectivity index is 1.84. The molecule has 1 unspecified atom stereocenters. The number of fused-ring (bicyclic) bond motifs is 1. The highest BCUT2D eigenvalue weighted by Gasteiger charge is 2.31. The van der Waals surface area contributed by atoms with Crippen LogP contribution in [0, 0.1) is 0 Å². The first-order chi connectivity index (χ1) is 12.5. The van der Waals surface area contributed by atoms with Gasteiger partial charge in [0.1, 0.15) is 18.3 Å². The minimum Gasteiger partial charge on any atom is -0.492 e. The van der Waals surface area contributed by atoms with Gasteiger partial charge >= 0.3 is 5.97 Å². The SMILES string of the molecule is COC(=O)C1COc2ccc(/C=C/C(=O)NCCCCN=C(N)N)cc21. The Kier molecular flexibility index (Phi) is 7.02. The molecule has 5 N–H and O–H groups in total. The maximum Gasteiger partial charge on any atom is 0.316 e. The molecule has 8 heteroatoms. The number of nitrogens with one attached hydrogen (secondary N) is 1. The van der Waals surface area contributed by atoms with Crippen molar-refractivity contribution in [3.63, 3.8) is 0 Å². The fourth-order valence-corrected chi connectivity index (χ4v) is 2.56. The number of aliphatic imine (C=N–C) groups is 1. The molecule has 26 heavy (non-hydrogen) atoms. The van der Waals surface area contributed by atoms with Crippen molar-refractivity contribution in [3.05, 3.63) is 35.4 Å². The molecule has 0 aromatic heterocycles. The topological polar surface area (TPSA) is 129 Å². The summed E-state index contributed by atoms with van der Waals surface area (Å²) in [6, 6.07) is 5.46. The molecule has 1 aromatic rings. The molecule has 1 aliphatic heterocycles. The maximum absolute atomic E-state index is 11.8. The first kappa shape index (κ1) is 19.3. The summed E-state index contributed by atoms with van der Waals surface area (Å²) in [7, 11) is 1.35. The smallest absolute Gasteiger partial charge is 0.316 e. The summed E-state index contributed by atoms with van der Waals surface area (Å²) >= 11 is 0. The zero-order valence-electron chi connectivity index (χ0n) is 14.7. The molecule has 1 amide bonds. The van der Waals surface area contributed by atoms with E-state index in [2.05, 4.69) is 10.3 Å². The van der Waals surface area contributed by atoms with Gasteiger partial charge < -0.3 is 26.3 Å². The number of unbranched alkanes of at least 4 members (excludes halogenated alkanes) is 1. The van der Waals surface area contributed by atoms with Gasteiger partial charge in [-0.05, 0) is 36.6 Å². The zero-order valence-corrected chi connectivity index (χ0v) is 14.7. The zero-order chi connectivity index (χ0) is 18.9. The molecule has 0 saturated carbocycles. The number of hydrogen-bond donors (Lipinski definition) is 3. The molecule has 140 valence electrons. The number of guanidine groups is 1. The van der Waals surface area contributed by atoms with E-state index in [0.717, 1.165) is 24.0 Å². The predicted molar refractivity (Wildman–Crippen MR) is 98.6 cm³/mol. The molecule has 1 aromatic carbocycles. The van der Waals surface area contributed by atoms with E-state index in [1.165, 1.54) is 13.2 Å². The van der Waals surface area contributed by atoms with E-state index in [1.54, 1.807) is 12.1 Å². The number of hydrogen-bond acceptors (Lipinski definition) is 5. The molecule has 0 aliphatic carbocycles. The van der Waals surface area contributed by atoms with Crippen LogP contribution in [0.25, 0.3) is 6.08 Å². The summed E-state index contributed by atoms with van der Waals surface area (Å²) in [5, 5.41) is 2.79. The van der Waals surface area contributed by atoms with Crippen LogP contribution in [0.4, 0.5) is 0 Å². The third-order valence-corrected chi connectivity index (χ3v) is 3.91. The van der Waals surface area contributed by atoms with Gasteiger partial charge in [-0.15, -0.1) is 0 Å². The van der Waals surface area contributed by atoms with Crippen LogP contribution in [0.5, 0.6) is 5.75 Å². The monoisotopic (exact) mass is 360 g/mol. The minimum absolute atomic E-state index is 0.0751. The number of nitrogens with two attached hydrogens (primary N) is 2. The second kappa shape index (κ2) is 9.45. The molecule has 2 rings (SSSR count). The van der Waals surface area contributed by atoms with E-state index in [4.69, 9.17) is 20.9 Å². The lowest BCUT2D eigenvalue weighted by Gasteiger charge is -2.06. The molecule has 8 nitrogen and oxygen atoms in total. The largest absolute Gasteiger partial charge is 0.492 e. The van der Waals surface area contributed by atoms with Gasteiger partial charge in [0, 0.05) is 24.7 Å². The number of methoxy groups -OCH3 is 1. The van der Waals surface area contributed by atoms with Gasteiger partial charge in [-0.3, -0.25) is 14.6 Å². The normalized spacial score (nSPS) is 15.2. The van der Waals surface area contributed by atoms with Crippen molar-refractivity contribution in [2.24, 2.45) is 16.5 Å². The molecule has 0 bridgehead atoms. The van der Waals surface area contributed by atoms with Crippen molar-refractivity contribution in [2.45, 2.75) is 18.8 Å². The first-order valence-electron chi connectivity index (χ1n) is 8.37. The van der Waals surface area contributed by atoms with Crippen LogP contribution in [0.3, 0.4) is 0 Å². The lowest BCUT2D eigenvalue weighted by atomic mass is 9.99. The highest BCUT2D eigenvalue weighted by Crippen LogP contribution is 2.35. The predicted octanol–water partition coefficient (Wildman–Crippen LogP) is 0.519. The molecule has 0 radical (unpaired) electrons. The molecule has 1 heterocycles. The Morgan fingerprint density at radius 1 is 1.38 bits per heavy atom. The first-order valence-corrected chi connectivity index (χ1v) is 8.37. The van der Waals surface area contributed by atoms with Gasteiger partial charge in [0.15, 0.2) is 5.96 Å². The average molecular weight is 360 g/mol. The van der Waals surface area contributed by atoms with E-state index in [0.29, 0.717) is 18.8 Å². The second-order valence-corrected chi connectivity index (χ2v) is 5.82. The summed E-state index contributed by atoms with van der Waals surface area (Å²) in [4.78, 5) is 27.5. The van der Waals surface area contributed by atoms with Crippen LogP contribution in [0.15, 0.2) is 29.3 Å². The number of carbonyl (C=O) groups is 2. The van der Waals surface area contributed by atoms with Crippen LogP contribution in [-0.2, 0) is 14.3 Å². The molecular weight excluding hydrogens is 336 g/mol. The van der Waals surface area contributed by atoms with Crippen molar-refractivity contribution in [2.75, 3.05) is 26.8 Å². The molecular formula is C18H24N4O4. The van der Waals surface area contributed by atoms with Crippen LogP contribution in [0.2, 0.25) is 0 Å². The lowest BCUT2D eigenvalue weighted by Crippen LogP contribution is -2.24. The second-order valence-electron chi connectivity index (χ2n) is 5.82. The van der Waals surface area contributed by atoms with Crippen molar-refractivity contribution in [1.29, 1.82) is 0 Å². The van der Waals surface area contributed by atoms with Gasteiger partial charge in [-0.25, -0.2) is 0 Å². The van der Waals surface area contributed by atoms with Gasteiger partial charge in [0.2, 0.25) is 5.91 Å². The number of nitrogens with zero attached hydrogens (tertiary/aromatic N) is 1. The van der Waals surface area contributed by atoms with E-state index in [9.17, 15) is 9.59 Å². The Labute approximate surface area is 152 Å². The Morgan fingerprint density at radius 2 is 2.19 bits per heavy atom. The summed E-state index contributed by atoms with van der Waals surface area (Å²) in [5.74, 6) is -0.201. The number of ether oxygens (including phenoxy) is 2. The molecule has 0 fully saturated rings. The summed E-state index contributed by atoms with van der Waals surface area (Å²) in [5.41, 5.74) is 12.1. The quantitative estimate of drug-likeness (QED) is 0.204. The fraction of sp³-hybridized carbons (Fsp3) is 0.389. The Bertz CT molecular complexity index is 711. The molecule has 1 atom stereocenters. The number of rotatable bonds is 8. The van der Waals surface area contributed by atoms with Gasteiger partial charge in [-0.1, -0.05) is 6.07 Å².